The molecule has 1 aromatic rings. The molecule has 4 heteroatoms. The predicted octanol–water partition coefficient (Wildman–Crippen LogP) is 1.61. The van der Waals surface area contributed by atoms with Crippen LogP contribution in [0.1, 0.15) is 26.0 Å². The summed E-state index contributed by atoms with van der Waals surface area (Å²) in [4.78, 5) is 13.8. The lowest BCUT2D eigenvalue weighted by molar-refractivity contribution is -0.140. The van der Waals surface area contributed by atoms with Gasteiger partial charge in [-0.05, 0) is 25.5 Å². The van der Waals surface area contributed by atoms with E-state index in [1.54, 1.807) is 18.2 Å². The van der Waals surface area contributed by atoms with E-state index in [0.29, 0.717) is 13.1 Å². The molecule has 4 nitrogen and oxygen atoms in total. The molecule has 1 rings (SSSR count). The van der Waals surface area contributed by atoms with Crippen LogP contribution >= 0.6 is 0 Å². The first-order valence-corrected chi connectivity index (χ1v) is 5.51. The van der Waals surface area contributed by atoms with Gasteiger partial charge in [-0.2, -0.15) is 0 Å². The number of hydrogen-bond donors (Lipinski definition) is 1. The van der Waals surface area contributed by atoms with Gasteiger partial charge in [-0.25, -0.2) is 0 Å². The van der Waals surface area contributed by atoms with E-state index < -0.39 is 5.41 Å². The van der Waals surface area contributed by atoms with Crippen molar-refractivity contribution in [1.29, 1.82) is 0 Å². The molecule has 0 radical (unpaired) electrons. The third kappa shape index (κ3) is 2.64. The van der Waals surface area contributed by atoms with Gasteiger partial charge in [-0.3, -0.25) is 4.79 Å². The van der Waals surface area contributed by atoms with E-state index in [4.69, 9.17) is 10.2 Å². The molecule has 0 fully saturated rings. The topological polar surface area (TPSA) is 59.5 Å². The molecule has 1 heterocycles. The van der Waals surface area contributed by atoms with Crippen molar-refractivity contribution in [1.82, 2.24) is 4.90 Å². The quantitative estimate of drug-likeness (QED) is 0.826. The van der Waals surface area contributed by atoms with Crippen molar-refractivity contribution in [2.45, 2.75) is 26.8 Å². The molecule has 0 aromatic carbocycles. The molecule has 2 N–H and O–H groups in total. The Balaban J connectivity index is 2.67. The minimum absolute atomic E-state index is 0.0638. The first-order chi connectivity index (χ1) is 7.53. The van der Waals surface area contributed by atoms with Crippen molar-refractivity contribution in [3.05, 3.63) is 24.2 Å². The second-order valence-corrected chi connectivity index (χ2v) is 4.36. The van der Waals surface area contributed by atoms with E-state index in [-0.39, 0.29) is 5.91 Å². The van der Waals surface area contributed by atoms with Gasteiger partial charge in [-0.15, -0.1) is 0 Å². The monoisotopic (exact) mass is 224 g/mol. The number of furan rings is 1. The second kappa shape index (κ2) is 5.16. The summed E-state index contributed by atoms with van der Waals surface area (Å²) in [6.07, 6.45) is 2.35. The largest absolute Gasteiger partial charge is 0.467 e. The standard InChI is InChI=1S/C12H20N2O2/c1-4-12(2,9-13)11(15)14(3)8-10-6-5-7-16-10/h5-7H,4,8-9,13H2,1-3H3. The van der Waals surface area contributed by atoms with Crippen molar-refractivity contribution in [3.63, 3.8) is 0 Å². The van der Waals surface area contributed by atoms with Gasteiger partial charge in [0.1, 0.15) is 5.76 Å². The van der Waals surface area contributed by atoms with Gasteiger partial charge in [0.25, 0.3) is 0 Å². The molecular weight excluding hydrogens is 204 g/mol. The van der Waals surface area contributed by atoms with Gasteiger partial charge < -0.3 is 15.1 Å². The average Bonchev–Trinajstić information content (AvgIpc) is 2.79. The number of nitrogens with zero attached hydrogens (tertiary/aromatic N) is 1. The highest BCUT2D eigenvalue weighted by molar-refractivity contribution is 5.82. The van der Waals surface area contributed by atoms with Crippen molar-refractivity contribution >= 4 is 5.91 Å². The van der Waals surface area contributed by atoms with Gasteiger partial charge in [0.05, 0.1) is 18.2 Å². The summed E-state index contributed by atoms with van der Waals surface area (Å²) in [6, 6.07) is 3.67. The third-order valence-corrected chi connectivity index (χ3v) is 3.07. The molecule has 1 aromatic heterocycles. The summed E-state index contributed by atoms with van der Waals surface area (Å²) >= 11 is 0. The summed E-state index contributed by atoms with van der Waals surface area (Å²) in [5.74, 6) is 0.847. The fraction of sp³-hybridized carbons (Fsp3) is 0.583. The smallest absolute Gasteiger partial charge is 0.229 e. The zero-order chi connectivity index (χ0) is 12.2. The summed E-state index contributed by atoms with van der Waals surface area (Å²) < 4.78 is 5.21. The Morgan fingerprint density at radius 3 is 2.75 bits per heavy atom. The summed E-state index contributed by atoms with van der Waals surface area (Å²) in [5, 5.41) is 0. The first kappa shape index (κ1) is 12.8. The van der Waals surface area contributed by atoms with Gasteiger partial charge in [0.15, 0.2) is 0 Å². The maximum Gasteiger partial charge on any atom is 0.229 e. The molecule has 1 amide bonds. The summed E-state index contributed by atoms with van der Waals surface area (Å²) in [5.41, 5.74) is 5.19. The molecule has 0 aliphatic carbocycles. The fourth-order valence-electron chi connectivity index (χ4n) is 1.55. The van der Waals surface area contributed by atoms with Crippen molar-refractivity contribution in [3.8, 4) is 0 Å². The molecular formula is C12H20N2O2. The minimum Gasteiger partial charge on any atom is -0.467 e. The Bertz CT molecular complexity index is 329. The van der Waals surface area contributed by atoms with E-state index in [1.807, 2.05) is 26.0 Å². The van der Waals surface area contributed by atoms with Gasteiger partial charge in [-0.1, -0.05) is 6.92 Å². The van der Waals surface area contributed by atoms with Crippen molar-refractivity contribution in [2.75, 3.05) is 13.6 Å². The van der Waals surface area contributed by atoms with Crippen LogP contribution in [-0.4, -0.2) is 24.4 Å². The van der Waals surface area contributed by atoms with Crippen LogP contribution in [-0.2, 0) is 11.3 Å². The molecule has 0 aliphatic heterocycles. The second-order valence-electron chi connectivity index (χ2n) is 4.36. The van der Waals surface area contributed by atoms with Crippen LogP contribution in [0.4, 0.5) is 0 Å². The molecule has 16 heavy (non-hydrogen) atoms. The number of amides is 1. The molecule has 0 saturated heterocycles. The Labute approximate surface area is 96.4 Å². The average molecular weight is 224 g/mol. The van der Waals surface area contributed by atoms with E-state index in [2.05, 4.69) is 0 Å². The molecule has 1 unspecified atom stereocenters. The highest BCUT2D eigenvalue weighted by Crippen LogP contribution is 2.22. The number of hydrogen-bond acceptors (Lipinski definition) is 3. The Morgan fingerprint density at radius 1 is 1.62 bits per heavy atom. The summed E-state index contributed by atoms with van der Waals surface area (Å²) in [6.45, 7) is 4.73. The van der Waals surface area contributed by atoms with E-state index in [9.17, 15) is 4.79 Å². The van der Waals surface area contributed by atoms with E-state index >= 15 is 0 Å². The molecule has 0 saturated carbocycles. The number of carbonyl (C=O) groups is 1. The van der Waals surface area contributed by atoms with Gasteiger partial charge in [0.2, 0.25) is 5.91 Å². The maximum atomic E-state index is 12.2. The lowest BCUT2D eigenvalue weighted by Gasteiger charge is -2.30. The van der Waals surface area contributed by atoms with Crippen LogP contribution < -0.4 is 5.73 Å². The van der Waals surface area contributed by atoms with Crippen LogP contribution in [0, 0.1) is 5.41 Å². The number of nitrogens with two attached hydrogens (primary N) is 1. The van der Waals surface area contributed by atoms with Crippen LogP contribution in [0.5, 0.6) is 0 Å². The fourth-order valence-corrected chi connectivity index (χ4v) is 1.55. The highest BCUT2D eigenvalue weighted by atomic mass is 16.3. The lowest BCUT2D eigenvalue weighted by atomic mass is 9.86. The zero-order valence-electron chi connectivity index (χ0n) is 10.2. The number of carbonyl (C=O) groups excluding carboxylic acids is 1. The Morgan fingerprint density at radius 2 is 2.31 bits per heavy atom. The normalized spacial score (nSPS) is 14.5. The van der Waals surface area contributed by atoms with Gasteiger partial charge in [0, 0.05) is 13.6 Å². The molecule has 90 valence electrons. The van der Waals surface area contributed by atoms with Crippen LogP contribution in [0.3, 0.4) is 0 Å². The van der Waals surface area contributed by atoms with Crippen LogP contribution in [0.25, 0.3) is 0 Å². The SMILES string of the molecule is CCC(C)(CN)C(=O)N(C)Cc1ccco1. The molecule has 0 bridgehead atoms. The van der Waals surface area contributed by atoms with Gasteiger partial charge >= 0.3 is 0 Å². The Hall–Kier alpha value is -1.29. The zero-order valence-corrected chi connectivity index (χ0v) is 10.2. The van der Waals surface area contributed by atoms with Crippen LogP contribution in [0.15, 0.2) is 22.8 Å². The number of rotatable bonds is 5. The third-order valence-electron chi connectivity index (χ3n) is 3.07. The summed E-state index contributed by atoms with van der Waals surface area (Å²) in [7, 11) is 1.77. The first-order valence-electron chi connectivity index (χ1n) is 5.51. The molecule has 0 aliphatic rings. The molecule has 1 atom stereocenters. The Kier molecular flexibility index (Phi) is 4.12. The van der Waals surface area contributed by atoms with E-state index in [1.165, 1.54) is 0 Å². The maximum absolute atomic E-state index is 12.2. The van der Waals surface area contributed by atoms with E-state index in [0.717, 1.165) is 12.2 Å². The lowest BCUT2D eigenvalue weighted by Crippen LogP contribution is -2.44. The van der Waals surface area contributed by atoms with Crippen molar-refractivity contribution in [2.24, 2.45) is 11.1 Å². The molecule has 0 spiro atoms. The van der Waals surface area contributed by atoms with Crippen molar-refractivity contribution < 1.29 is 9.21 Å². The van der Waals surface area contributed by atoms with Crippen LogP contribution in [0.2, 0.25) is 0 Å². The predicted molar refractivity (Wildman–Crippen MR) is 62.6 cm³/mol. The minimum atomic E-state index is -0.471. The highest BCUT2D eigenvalue weighted by Gasteiger charge is 2.32.